The predicted molar refractivity (Wildman–Crippen MR) is 62.4 cm³/mol. The van der Waals surface area contributed by atoms with Gasteiger partial charge in [0.1, 0.15) is 0 Å². The molecule has 0 bridgehead atoms. The van der Waals surface area contributed by atoms with Gasteiger partial charge in [0, 0.05) is 37.2 Å². The average Bonchev–Trinajstić information content (AvgIpc) is 2.49. The molecule has 13 heavy (non-hydrogen) atoms. The van der Waals surface area contributed by atoms with Gasteiger partial charge in [-0.1, -0.05) is 21.6 Å². The highest BCUT2D eigenvalue weighted by Gasteiger charge is 2.18. The molecule has 76 valence electrons. The fraction of sp³-hybridized carbons (Fsp3) is 1.00. The Morgan fingerprint density at radius 2 is 2.00 bits per heavy atom. The lowest BCUT2D eigenvalue weighted by Gasteiger charge is -2.22. The van der Waals surface area contributed by atoms with Gasteiger partial charge in [-0.15, -0.1) is 0 Å². The minimum Gasteiger partial charge on any atom is -0.313 e. The molecule has 1 N–H and O–H groups in total. The Hall–Kier alpha value is 0.620. The van der Waals surface area contributed by atoms with Crippen LogP contribution < -0.4 is 5.32 Å². The fourth-order valence-electron chi connectivity index (χ4n) is 1.97. The van der Waals surface area contributed by atoms with Crippen LogP contribution in [-0.2, 0) is 0 Å². The molecule has 0 aromatic rings. The topological polar surface area (TPSA) is 15.3 Å². The second-order valence-electron chi connectivity index (χ2n) is 3.74. The molecule has 0 radical (unpaired) electrons. The summed E-state index contributed by atoms with van der Waals surface area (Å²) in [7, 11) is 4.06. The van der Waals surface area contributed by atoms with Crippen molar-refractivity contribution in [3.8, 4) is 0 Å². The summed E-state index contributed by atoms with van der Waals surface area (Å²) in [5, 5.41) is 3.57. The molecule has 0 aliphatic carbocycles. The first-order valence-corrected chi connectivity index (χ1v) is 7.64. The van der Waals surface area contributed by atoms with Crippen LogP contribution in [0.3, 0.4) is 0 Å². The molecule has 2 rings (SSSR count). The van der Waals surface area contributed by atoms with Gasteiger partial charge in [-0.05, 0) is 19.4 Å². The van der Waals surface area contributed by atoms with Gasteiger partial charge in [0.2, 0.25) is 0 Å². The minimum absolute atomic E-state index is 0.785. The standard InChI is InChI=1S/C9H18N2S2/c1-2-9(10-3-1)8-11-4-6-12-13-7-5-11/h9-10H,1-8H2/t9-/m1/s1. The third-order valence-electron chi connectivity index (χ3n) is 2.71. The van der Waals surface area contributed by atoms with Crippen LogP contribution in [0.1, 0.15) is 12.8 Å². The molecule has 2 fully saturated rings. The van der Waals surface area contributed by atoms with Crippen molar-refractivity contribution >= 4 is 21.6 Å². The Kier molecular flexibility index (Phi) is 4.28. The molecule has 2 aliphatic heterocycles. The van der Waals surface area contributed by atoms with Crippen molar-refractivity contribution in [3.63, 3.8) is 0 Å². The summed E-state index contributed by atoms with van der Waals surface area (Å²) in [5.74, 6) is 2.61. The third kappa shape index (κ3) is 3.35. The van der Waals surface area contributed by atoms with E-state index in [4.69, 9.17) is 0 Å². The van der Waals surface area contributed by atoms with Crippen LogP contribution in [0.25, 0.3) is 0 Å². The lowest BCUT2D eigenvalue weighted by Crippen LogP contribution is -2.39. The van der Waals surface area contributed by atoms with Crippen LogP contribution in [0.4, 0.5) is 0 Å². The molecule has 2 saturated heterocycles. The zero-order chi connectivity index (χ0) is 8.93. The number of hydrogen-bond donors (Lipinski definition) is 1. The molecule has 2 aliphatic rings. The van der Waals surface area contributed by atoms with E-state index in [1.54, 1.807) is 0 Å². The van der Waals surface area contributed by atoms with Gasteiger partial charge in [-0.2, -0.15) is 0 Å². The molecule has 2 nitrogen and oxygen atoms in total. The smallest absolute Gasteiger partial charge is 0.0195 e. The van der Waals surface area contributed by atoms with Gasteiger partial charge in [0.15, 0.2) is 0 Å². The molecule has 0 aromatic heterocycles. The lowest BCUT2D eigenvalue weighted by atomic mass is 10.2. The quantitative estimate of drug-likeness (QED) is 0.705. The van der Waals surface area contributed by atoms with Crippen molar-refractivity contribution in [2.24, 2.45) is 0 Å². The van der Waals surface area contributed by atoms with Gasteiger partial charge >= 0.3 is 0 Å². The van der Waals surface area contributed by atoms with Crippen molar-refractivity contribution in [2.75, 3.05) is 37.7 Å². The van der Waals surface area contributed by atoms with Crippen molar-refractivity contribution in [1.82, 2.24) is 10.2 Å². The average molecular weight is 218 g/mol. The van der Waals surface area contributed by atoms with E-state index in [2.05, 4.69) is 10.2 Å². The first-order valence-electron chi connectivity index (χ1n) is 5.15. The maximum atomic E-state index is 3.57. The van der Waals surface area contributed by atoms with Gasteiger partial charge < -0.3 is 10.2 Å². The van der Waals surface area contributed by atoms with Crippen molar-refractivity contribution in [2.45, 2.75) is 18.9 Å². The van der Waals surface area contributed by atoms with E-state index in [9.17, 15) is 0 Å². The second-order valence-corrected chi connectivity index (χ2v) is 6.44. The highest BCUT2D eigenvalue weighted by molar-refractivity contribution is 8.76. The first-order chi connectivity index (χ1) is 6.45. The number of hydrogen-bond acceptors (Lipinski definition) is 4. The van der Waals surface area contributed by atoms with Crippen LogP contribution in [-0.4, -0.2) is 48.6 Å². The Morgan fingerprint density at radius 3 is 2.62 bits per heavy atom. The fourth-order valence-corrected chi connectivity index (χ4v) is 4.02. The summed E-state index contributed by atoms with van der Waals surface area (Å²) in [4.78, 5) is 2.62. The summed E-state index contributed by atoms with van der Waals surface area (Å²) in [5.41, 5.74) is 0. The SMILES string of the molecule is C1CN[C@@H](CN2CCSSCC2)C1. The third-order valence-corrected chi connectivity index (χ3v) is 5.07. The molecule has 1 atom stereocenters. The van der Waals surface area contributed by atoms with Crippen LogP contribution in [0.2, 0.25) is 0 Å². The first kappa shape index (κ1) is 10.1. The van der Waals surface area contributed by atoms with Crippen LogP contribution in [0.5, 0.6) is 0 Å². The molecule has 0 saturated carbocycles. The Morgan fingerprint density at radius 1 is 1.23 bits per heavy atom. The predicted octanol–water partition coefficient (Wildman–Crippen LogP) is 1.44. The van der Waals surface area contributed by atoms with E-state index < -0.39 is 0 Å². The van der Waals surface area contributed by atoms with Crippen LogP contribution in [0.15, 0.2) is 0 Å². The van der Waals surface area contributed by atoms with E-state index in [0.717, 1.165) is 6.04 Å². The number of nitrogens with one attached hydrogen (secondary N) is 1. The number of rotatable bonds is 2. The normalized spacial score (nSPS) is 31.8. The van der Waals surface area contributed by atoms with E-state index >= 15 is 0 Å². The lowest BCUT2D eigenvalue weighted by molar-refractivity contribution is 0.279. The zero-order valence-corrected chi connectivity index (χ0v) is 9.63. The molecular formula is C9H18N2S2. The van der Waals surface area contributed by atoms with Crippen molar-refractivity contribution in [3.05, 3.63) is 0 Å². The van der Waals surface area contributed by atoms with Crippen molar-refractivity contribution in [1.29, 1.82) is 0 Å². The Labute approximate surface area is 88.6 Å². The number of nitrogens with zero attached hydrogens (tertiary/aromatic N) is 1. The highest BCUT2D eigenvalue weighted by Crippen LogP contribution is 2.24. The maximum Gasteiger partial charge on any atom is 0.0195 e. The molecule has 0 aromatic carbocycles. The van der Waals surface area contributed by atoms with Gasteiger partial charge in [0.05, 0.1) is 0 Å². The summed E-state index contributed by atoms with van der Waals surface area (Å²) < 4.78 is 0. The van der Waals surface area contributed by atoms with E-state index in [1.807, 2.05) is 21.6 Å². The summed E-state index contributed by atoms with van der Waals surface area (Å²) >= 11 is 0. The van der Waals surface area contributed by atoms with E-state index in [1.165, 1.54) is 50.5 Å². The second kappa shape index (κ2) is 5.49. The zero-order valence-electron chi connectivity index (χ0n) is 8.00. The minimum atomic E-state index is 0.785. The molecule has 0 unspecified atom stereocenters. The molecular weight excluding hydrogens is 200 g/mol. The van der Waals surface area contributed by atoms with Crippen molar-refractivity contribution < 1.29 is 0 Å². The monoisotopic (exact) mass is 218 g/mol. The maximum absolute atomic E-state index is 3.57. The summed E-state index contributed by atoms with van der Waals surface area (Å²) in [6, 6.07) is 0.785. The van der Waals surface area contributed by atoms with Gasteiger partial charge in [0.25, 0.3) is 0 Å². The van der Waals surface area contributed by atoms with E-state index in [0.29, 0.717) is 0 Å². The molecule has 4 heteroatoms. The van der Waals surface area contributed by atoms with Gasteiger partial charge in [-0.3, -0.25) is 0 Å². The largest absolute Gasteiger partial charge is 0.313 e. The highest BCUT2D eigenvalue weighted by atomic mass is 33.1. The van der Waals surface area contributed by atoms with Gasteiger partial charge in [-0.25, -0.2) is 0 Å². The van der Waals surface area contributed by atoms with E-state index in [-0.39, 0.29) is 0 Å². The molecule has 2 heterocycles. The Balaban J connectivity index is 1.71. The van der Waals surface area contributed by atoms with Crippen LogP contribution in [0, 0.1) is 0 Å². The Bertz CT molecular complexity index is 141. The molecule has 0 spiro atoms. The molecule has 0 amide bonds. The summed E-state index contributed by atoms with van der Waals surface area (Å²) in [6.07, 6.45) is 2.76. The van der Waals surface area contributed by atoms with Crippen LogP contribution >= 0.6 is 21.6 Å². The summed E-state index contributed by atoms with van der Waals surface area (Å²) in [6.45, 7) is 5.09.